The lowest BCUT2D eigenvalue weighted by atomic mass is 10.1. The van der Waals surface area contributed by atoms with Crippen molar-refractivity contribution >= 4 is 46.0 Å². The van der Waals surface area contributed by atoms with Gasteiger partial charge in [-0.15, -0.1) is 11.8 Å². The van der Waals surface area contributed by atoms with Gasteiger partial charge < -0.3 is 4.74 Å². The standard InChI is InChI=1S/C14H17NO2S3/c1-17-8-7-15-13(16)12(20-14(15)18)9-10-3-5-11(19-2)6-4-10/h3-6,12H,7-9H2,1-2H3/t12-/m0/s1. The molecule has 0 aliphatic carbocycles. The molecule has 0 saturated carbocycles. The van der Waals surface area contributed by atoms with Gasteiger partial charge in [0.05, 0.1) is 18.4 Å². The van der Waals surface area contributed by atoms with Crippen LogP contribution in [0.3, 0.4) is 0 Å². The Morgan fingerprint density at radius 3 is 2.70 bits per heavy atom. The van der Waals surface area contributed by atoms with E-state index in [9.17, 15) is 4.79 Å². The Hall–Kier alpha value is -0.560. The van der Waals surface area contributed by atoms with Crippen molar-refractivity contribution in [1.29, 1.82) is 0 Å². The number of amides is 1. The maximum atomic E-state index is 12.3. The summed E-state index contributed by atoms with van der Waals surface area (Å²) in [5, 5.41) is -0.0977. The second-order valence-electron chi connectivity index (χ2n) is 4.41. The summed E-state index contributed by atoms with van der Waals surface area (Å²) in [5.74, 6) is 0.103. The van der Waals surface area contributed by atoms with Crippen molar-refractivity contribution in [2.45, 2.75) is 16.6 Å². The Balaban J connectivity index is 1.99. The number of thiocarbonyl (C=S) groups is 1. The van der Waals surface area contributed by atoms with Crippen LogP contribution in [-0.2, 0) is 16.0 Å². The number of carbonyl (C=O) groups excluding carboxylic acids is 1. The van der Waals surface area contributed by atoms with Gasteiger partial charge in [0.15, 0.2) is 0 Å². The number of thioether (sulfide) groups is 2. The summed E-state index contributed by atoms with van der Waals surface area (Å²) in [5.41, 5.74) is 1.17. The van der Waals surface area contributed by atoms with Gasteiger partial charge >= 0.3 is 0 Å². The third-order valence-electron chi connectivity index (χ3n) is 3.10. The molecule has 1 atom stereocenters. The van der Waals surface area contributed by atoms with Gasteiger partial charge in [0.2, 0.25) is 5.91 Å². The van der Waals surface area contributed by atoms with Gasteiger partial charge in [-0.1, -0.05) is 36.1 Å². The van der Waals surface area contributed by atoms with Gasteiger partial charge in [-0.05, 0) is 30.4 Å². The number of hydrogen-bond acceptors (Lipinski definition) is 5. The van der Waals surface area contributed by atoms with Crippen LogP contribution in [0.5, 0.6) is 0 Å². The third kappa shape index (κ3) is 3.75. The minimum Gasteiger partial charge on any atom is -0.383 e. The zero-order chi connectivity index (χ0) is 14.5. The van der Waals surface area contributed by atoms with E-state index in [0.717, 1.165) is 6.42 Å². The predicted octanol–water partition coefficient (Wildman–Crippen LogP) is 2.83. The summed E-state index contributed by atoms with van der Waals surface area (Å²) >= 11 is 8.47. The van der Waals surface area contributed by atoms with Gasteiger partial charge in [-0.3, -0.25) is 9.69 Å². The fourth-order valence-electron chi connectivity index (χ4n) is 1.99. The molecule has 1 saturated heterocycles. The van der Waals surface area contributed by atoms with Crippen LogP contribution >= 0.6 is 35.7 Å². The lowest BCUT2D eigenvalue weighted by Crippen LogP contribution is -2.34. The molecular formula is C14H17NO2S3. The van der Waals surface area contributed by atoms with Gasteiger partial charge in [0.25, 0.3) is 0 Å². The van der Waals surface area contributed by atoms with E-state index in [1.807, 2.05) is 0 Å². The number of methoxy groups -OCH3 is 1. The highest BCUT2D eigenvalue weighted by atomic mass is 32.2. The Bertz CT molecular complexity index is 490. The van der Waals surface area contributed by atoms with Crippen LogP contribution in [-0.4, -0.2) is 46.9 Å². The number of carbonyl (C=O) groups is 1. The number of nitrogens with zero attached hydrogens (tertiary/aromatic N) is 1. The number of hydrogen-bond donors (Lipinski definition) is 0. The fraction of sp³-hybridized carbons (Fsp3) is 0.429. The first-order valence-corrected chi connectivity index (χ1v) is 8.81. The summed E-state index contributed by atoms with van der Waals surface area (Å²) in [6.45, 7) is 1.06. The molecule has 1 amide bonds. The molecule has 0 spiro atoms. The number of ether oxygens (including phenoxy) is 1. The average Bonchev–Trinajstić information content (AvgIpc) is 2.72. The summed E-state index contributed by atoms with van der Waals surface area (Å²) in [7, 11) is 1.63. The quantitative estimate of drug-likeness (QED) is 0.592. The Morgan fingerprint density at radius 1 is 1.40 bits per heavy atom. The molecule has 0 N–H and O–H groups in total. The first-order valence-electron chi connectivity index (χ1n) is 6.29. The smallest absolute Gasteiger partial charge is 0.242 e. The molecule has 1 aromatic carbocycles. The molecule has 1 heterocycles. The van der Waals surface area contributed by atoms with E-state index in [-0.39, 0.29) is 11.2 Å². The van der Waals surface area contributed by atoms with Crippen molar-refractivity contribution in [2.75, 3.05) is 26.5 Å². The molecular weight excluding hydrogens is 310 g/mol. The van der Waals surface area contributed by atoms with Crippen LogP contribution in [0.15, 0.2) is 29.2 Å². The third-order valence-corrected chi connectivity index (χ3v) is 5.43. The van der Waals surface area contributed by atoms with Crippen LogP contribution < -0.4 is 0 Å². The zero-order valence-electron chi connectivity index (χ0n) is 11.5. The summed E-state index contributed by atoms with van der Waals surface area (Å²) in [6.07, 6.45) is 2.78. The molecule has 1 aromatic rings. The van der Waals surface area contributed by atoms with E-state index in [1.54, 1.807) is 23.8 Å². The van der Waals surface area contributed by atoms with E-state index < -0.39 is 0 Å². The maximum Gasteiger partial charge on any atom is 0.242 e. The minimum absolute atomic E-state index is 0.0977. The second-order valence-corrected chi connectivity index (χ2v) is 7.12. The van der Waals surface area contributed by atoms with Crippen molar-refractivity contribution in [2.24, 2.45) is 0 Å². The van der Waals surface area contributed by atoms with Crippen molar-refractivity contribution in [3.63, 3.8) is 0 Å². The highest BCUT2D eigenvalue weighted by Crippen LogP contribution is 2.30. The molecule has 108 valence electrons. The highest BCUT2D eigenvalue weighted by molar-refractivity contribution is 8.24. The number of benzene rings is 1. The molecule has 0 bridgehead atoms. The molecule has 1 fully saturated rings. The van der Waals surface area contributed by atoms with E-state index in [1.165, 1.54) is 22.2 Å². The molecule has 0 radical (unpaired) electrons. The van der Waals surface area contributed by atoms with Crippen molar-refractivity contribution in [3.05, 3.63) is 29.8 Å². The highest BCUT2D eigenvalue weighted by Gasteiger charge is 2.36. The Morgan fingerprint density at radius 2 is 2.10 bits per heavy atom. The summed E-state index contributed by atoms with van der Waals surface area (Å²) in [4.78, 5) is 15.2. The maximum absolute atomic E-state index is 12.3. The van der Waals surface area contributed by atoms with Crippen LogP contribution in [0.1, 0.15) is 5.56 Å². The topological polar surface area (TPSA) is 29.5 Å². The molecule has 20 heavy (non-hydrogen) atoms. The largest absolute Gasteiger partial charge is 0.383 e. The van der Waals surface area contributed by atoms with E-state index in [4.69, 9.17) is 17.0 Å². The average molecular weight is 327 g/mol. The number of rotatable bonds is 6. The SMILES string of the molecule is COCCN1C(=O)[C@H](Cc2ccc(SC)cc2)SC1=S. The van der Waals surface area contributed by atoms with Crippen LogP contribution in [0.25, 0.3) is 0 Å². The van der Waals surface area contributed by atoms with Crippen molar-refractivity contribution < 1.29 is 9.53 Å². The van der Waals surface area contributed by atoms with Gasteiger partial charge in [-0.25, -0.2) is 0 Å². The molecule has 1 aliphatic rings. The van der Waals surface area contributed by atoms with E-state index in [0.29, 0.717) is 17.5 Å². The first-order chi connectivity index (χ1) is 9.65. The van der Waals surface area contributed by atoms with Crippen LogP contribution in [0.4, 0.5) is 0 Å². The van der Waals surface area contributed by atoms with Gasteiger partial charge in [0, 0.05) is 12.0 Å². The lowest BCUT2D eigenvalue weighted by Gasteiger charge is -2.14. The van der Waals surface area contributed by atoms with Crippen LogP contribution in [0, 0.1) is 0 Å². The molecule has 1 aliphatic heterocycles. The summed E-state index contributed by atoms with van der Waals surface area (Å²) in [6, 6.07) is 8.34. The minimum atomic E-state index is -0.0977. The van der Waals surface area contributed by atoms with E-state index in [2.05, 4.69) is 30.5 Å². The van der Waals surface area contributed by atoms with E-state index >= 15 is 0 Å². The summed E-state index contributed by atoms with van der Waals surface area (Å²) < 4.78 is 5.68. The molecule has 2 rings (SSSR count). The molecule has 6 heteroatoms. The molecule has 3 nitrogen and oxygen atoms in total. The zero-order valence-corrected chi connectivity index (χ0v) is 13.9. The first kappa shape index (κ1) is 15.8. The molecule has 0 unspecified atom stereocenters. The molecule has 0 aromatic heterocycles. The monoisotopic (exact) mass is 327 g/mol. The van der Waals surface area contributed by atoms with Crippen molar-refractivity contribution in [3.8, 4) is 0 Å². The van der Waals surface area contributed by atoms with Gasteiger partial charge in [-0.2, -0.15) is 0 Å². The lowest BCUT2D eigenvalue weighted by molar-refractivity contribution is -0.126. The Labute approximate surface area is 133 Å². The second kappa shape index (κ2) is 7.45. The predicted molar refractivity (Wildman–Crippen MR) is 89.5 cm³/mol. The fourth-order valence-corrected chi connectivity index (χ4v) is 3.98. The van der Waals surface area contributed by atoms with Crippen LogP contribution in [0.2, 0.25) is 0 Å². The van der Waals surface area contributed by atoms with Crippen molar-refractivity contribution in [1.82, 2.24) is 4.90 Å². The Kier molecular flexibility index (Phi) is 5.89. The van der Waals surface area contributed by atoms with Gasteiger partial charge in [0.1, 0.15) is 4.32 Å². The normalized spacial score (nSPS) is 18.9.